The standard InChI is InChI=1S/C22H22BrClFN3O2.C2HF3O2/c1-21(2,3)9-16-22(11-26,15-8-7-12(23)10-27-15)17(19(28-16)20(29)30)13-5-4-6-14(24)18(13)25;3-2(4,5)1(6)7/h4-8,10,16-17,19,28H,9H2,1-3H3,(H,29,30);(H,6,7)/t16-,17-,19+,22-;/m0./s1. The molecular weight excluding hydrogens is 586 g/mol. The maximum Gasteiger partial charge on any atom is 0.490 e. The highest BCUT2D eigenvalue weighted by Gasteiger charge is 2.61. The van der Waals surface area contributed by atoms with E-state index in [4.69, 9.17) is 21.5 Å². The van der Waals surface area contributed by atoms with E-state index in [1.165, 1.54) is 12.1 Å². The molecule has 1 aliphatic heterocycles. The summed E-state index contributed by atoms with van der Waals surface area (Å²) in [7, 11) is 0. The molecule has 0 unspecified atom stereocenters. The van der Waals surface area contributed by atoms with Crippen molar-refractivity contribution in [3.05, 3.63) is 63.1 Å². The molecule has 0 aliphatic carbocycles. The Morgan fingerprint density at radius 1 is 1.22 bits per heavy atom. The molecule has 7 nitrogen and oxygen atoms in total. The Bertz CT molecular complexity index is 1200. The summed E-state index contributed by atoms with van der Waals surface area (Å²) in [6.07, 6.45) is -3.04. The summed E-state index contributed by atoms with van der Waals surface area (Å²) >= 11 is 9.36. The second kappa shape index (κ2) is 11.3. The van der Waals surface area contributed by atoms with Crippen LogP contribution < -0.4 is 5.32 Å². The fourth-order valence-corrected chi connectivity index (χ4v) is 4.74. The number of halogens is 6. The molecule has 1 aliphatic rings. The van der Waals surface area contributed by atoms with Crippen LogP contribution in [0.5, 0.6) is 0 Å². The van der Waals surface area contributed by atoms with Gasteiger partial charge in [0.15, 0.2) is 0 Å². The van der Waals surface area contributed by atoms with E-state index in [1.807, 2.05) is 20.8 Å². The van der Waals surface area contributed by atoms with Gasteiger partial charge in [-0.05, 0) is 51.5 Å². The number of aromatic nitrogens is 1. The number of hydrogen-bond donors (Lipinski definition) is 3. The number of carboxylic acid groups (broad SMARTS) is 2. The van der Waals surface area contributed by atoms with Gasteiger partial charge in [-0.25, -0.2) is 9.18 Å². The maximum absolute atomic E-state index is 15.1. The third-order valence-corrected chi connectivity index (χ3v) is 6.49. The van der Waals surface area contributed by atoms with Crippen molar-refractivity contribution in [3.8, 4) is 6.07 Å². The van der Waals surface area contributed by atoms with Crippen LogP contribution in [0.25, 0.3) is 0 Å². The number of hydrogen-bond acceptors (Lipinski definition) is 5. The van der Waals surface area contributed by atoms with Crippen molar-refractivity contribution in [1.82, 2.24) is 10.3 Å². The Kier molecular flexibility index (Phi) is 9.33. The SMILES string of the molecule is CC(C)(C)C[C@@H]1N[C@@H](C(=O)O)[C@H](c2cccc(Cl)c2F)[C@@]1(C#N)c1ccc(Br)cn1.O=C(O)C(F)(F)F. The molecule has 2 heterocycles. The minimum atomic E-state index is -5.08. The predicted octanol–water partition coefficient (Wildman–Crippen LogP) is 5.68. The largest absolute Gasteiger partial charge is 0.490 e. The molecule has 3 rings (SSSR count). The first-order chi connectivity index (χ1) is 17.0. The molecule has 1 aromatic heterocycles. The summed E-state index contributed by atoms with van der Waals surface area (Å²) < 4.78 is 47.6. The van der Waals surface area contributed by atoms with Gasteiger partial charge in [-0.2, -0.15) is 18.4 Å². The minimum Gasteiger partial charge on any atom is -0.480 e. The number of alkyl halides is 3. The van der Waals surface area contributed by atoms with Crippen molar-refractivity contribution in [2.24, 2.45) is 5.41 Å². The van der Waals surface area contributed by atoms with E-state index in [-0.39, 0.29) is 16.0 Å². The summed E-state index contributed by atoms with van der Waals surface area (Å²) in [6.45, 7) is 6.03. The molecule has 0 radical (unpaired) electrons. The number of carbonyl (C=O) groups is 2. The van der Waals surface area contributed by atoms with Crippen LogP contribution in [0.2, 0.25) is 5.02 Å². The van der Waals surface area contributed by atoms with E-state index in [0.717, 1.165) is 4.47 Å². The molecule has 0 amide bonds. The van der Waals surface area contributed by atoms with Crippen molar-refractivity contribution in [1.29, 1.82) is 5.26 Å². The average molecular weight is 609 g/mol. The molecular formula is C24H23BrClF4N3O4. The molecule has 200 valence electrons. The van der Waals surface area contributed by atoms with Crippen LogP contribution in [0.4, 0.5) is 17.6 Å². The Balaban J connectivity index is 0.000000604. The Morgan fingerprint density at radius 2 is 1.81 bits per heavy atom. The number of nitriles is 1. The lowest BCUT2D eigenvalue weighted by atomic mass is 9.64. The molecule has 0 bridgehead atoms. The van der Waals surface area contributed by atoms with Gasteiger partial charge < -0.3 is 10.2 Å². The van der Waals surface area contributed by atoms with Crippen LogP contribution in [0.1, 0.15) is 44.4 Å². The van der Waals surface area contributed by atoms with Gasteiger partial charge in [0.25, 0.3) is 0 Å². The van der Waals surface area contributed by atoms with Crippen molar-refractivity contribution in [3.63, 3.8) is 0 Å². The van der Waals surface area contributed by atoms with Crippen LogP contribution in [-0.4, -0.2) is 45.4 Å². The highest BCUT2D eigenvalue weighted by molar-refractivity contribution is 9.10. The van der Waals surface area contributed by atoms with Crippen LogP contribution in [-0.2, 0) is 15.0 Å². The van der Waals surface area contributed by atoms with E-state index in [2.05, 4.69) is 32.3 Å². The number of pyridine rings is 1. The number of rotatable bonds is 4. The highest BCUT2D eigenvalue weighted by Crippen LogP contribution is 2.51. The van der Waals surface area contributed by atoms with Gasteiger partial charge in [0.2, 0.25) is 0 Å². The molecule has 0 spiro atoms. The van der Waals surface area contributed by atoms with Gasteiger partial charge in [-0.1, -0.05) is 44.5 Å². The van der Waals surface area contributed by atoms with Gasteiger partial charge in [0.1, 0.15) is 17.3 Å². The predicted molar refractivity (Wildman–Crippen MR) is 129 cm³/mol. The lowest BCUT2D eigenvalue weighted by Crippen LogP contribution is -2.44. The molecule has 1 aromatic carbocycles. The molecule has 2 aromatic rings. The highest BCUT2D eigenvalue weighted by atomic mass is 79.9. The quantitative estimate of drug-likeness (QED) is 0.382. The second-order valence-corrected chi connectivity index (χ2v) is 10.9. The molecule has 3 N–H and O–H groups in total. The summed E-state index contributed by atoms with van der Waals surface area (Å²) in [6, 6.07) is 8.49. The van der Waals surface area contributed by atoms with Crippen molar-refractivity contribution in [2.75, 3.05) is 0 Å². The zero-order chi connectivity index (χ0) is 28.3. The Labute approximate surface area is 223 Å². The van der Waals surface area contributed by atoms with E-state index >= 15 is 4.39 Å². The zero-order valence-corrected chi connectivity index (χ0v) is 22.1. The van der Waals surface area contributed by atoms with Gasteiger partial charge in [0.05, 0.1) is 16.8 Å². The van der Waals surface area contributed by atoms with E-state index in [1.54, 1.807) is 24.4 Å². The normalized spacial score (nSPS) is 23.5. The molecule has 4 atom stereocenters. The first-order valence-electron chi connectivity index (χ1n) is 10.7. The fourth-order valence-electron chi connectivity index (χ4n) is 4.32. The topological polar surface area (TPSA) is 123 Å². The van der Waals surface area contributed by atoms with Crippen LogP contribution >= 0.6 is 27.5 Å². The first kappa shape index (κ1) is 30.5. The van der Waals surface area contributed by atoms with Crippen molar-refractivity contribution < 1.29 is 37.4 Å². The van der Waals surface area contributed by atoms with Crippen LogP contribution in [0.3, 0.4) is 0 Å². The van der Waals surface area contributed by atoms with Gasteiger partial charge >= 0.3 is 18.1 Å². The monoisotopic (exact) mass is 607 g/mol. The number of nitrogens with zero attached hydrogens (tertiary/aromatic N) is 2. The number of benzene rings is 1. The third-order valence-electron chi connectivity index (χ3n) is 5.73. The van der Waals surface area contributed by atoms with E-state index in [0.29, 0.717) is 12.1 Å². The van der Waals surface area contributed by atoms with E-state index < -0.39 is 47.3 Å². The molecule has 1 saturated heterocycles. The molecule has 1 fully saturated rings. The van der Waals surface area contributed by atoms with Gasteiger partial charge in [0, 0.05) is 22.6 Å². The van der Waals surface area contributed by atoms with Crippen LogP contribution in [0, 0.1) is 22.6 Å². The number of nitrogens with one attached hydrogen (secondary N) is 1. The van der Waals surface area contributed by atoms with Crippen molar-refractivity contribution in [2.45, 2.75) is 56.8 Å². The van der Waals surface area contributed by atoms with Crippen molar-refractivity contribution >= 4 is 39.5 Å². The Hall–Kier alpha value is -2.75. The number of carboxylic acids is 2. The average Bonchev–Trinajstić information content (AvgIpc) is 3.09. The summed E-state index contributed by atoms with van der Waals surface area (Å²) in [5.41, 5.74) is -1.16. The van der Waals surface area contributed by atoms with Crippen LogP contribution in [0.15, 0.2) is 41.0 Å². The third kappa shape index (κ3) is 6.77. The maximum atomic E-state index is 15.1. The number of aliphatic carboxylic acids is 2. The lowest BCUT2D eigenvalue weighted by Gasteiger charge is -2.36. The molecule has 0 saturated carbocycles. The minimum absolute atomic E-state index is 0.0880. The first-order valence-corrected chi connectivity index (χ1v) is 11.9. The van der Waals surface area contributed by atoms with Gasteiger partial charge in [-0.15, -0.1) is 0 Å². The molecule has 13 heteroatoms. The zero-order valence-electron chi connectivity index (χ0n) is 19.8. The second-order valence-electron chi connectivity index (χ2n) is 9.57. The summed E-state index contributed by atoms with van der Waals surface area (Å²) in [5, 5.41) is 30.6. The summed E-state index contributed by atoms with van der Waals surface area (Å²) in [5.74, 6) is -5.66. The fraction of sp³-hybridized carbons (Fsp3) is 0.417. The van der Waals surface area contributed by atoms with Gasteiger partial charge in [-0.3, -0.25) is 15.1 Å². The Morgan fingerprint density at radius 3 is 2.24 bits per heavy atom. The lowest BCUT2D eigenvalue weighted by molar-refractivity contribution is -0.192. The van der Waals surface area contributed by atoms with E-state index in [9.17, 15) is 28.3 Å². The molecule has 37 heavy (non-hydrogen) atoms. The summed E-state index contributed by atoms with van der Waals surface area (Å²) in [4.78, 5) is 25.6. The smallest absolute Gasteiger partial charge is 0.480 e.